The molecule has 2 N–H and O–H groups in total. The van der Waals surface area contributed by atoms with Crippen molar-refractivity contribution in [1.29, 1.82) is 0 Å². The number of nitrogens with two attached hydrogens (primary N) is 1. The molecule has 0 saturated heterocycles. The first kappa shape index (κ1) is 12.6. The van der Waals surface area contributed by atoms with E-state index in [9.17, 15) is 0 Å². The van der Waals surface area contributed by atoms with E-state index in [4.69, 9.17) is 5.73 Å². The van der Waals surface area contributed by atoms with Gasteiger partial charge < -0.3 is 5.73 Å². The number of hydrogen-bond acceptors (Lipinski definition) is 3. The van der Waals surface area contributed by atoms with Crippen LogP contribution in [0.15, 0.2) is 28.2 Å². The molecule has 4 heteroatoms. The first-order valence-corrected chi connectivity index (χ1v) is 7.33. The SMILES string of the molecule is CCc1csc(CCc2ccnc(N)c2)c1Br. The zero-order valence-corrected chi connectivity index (χ0v) is 12.1. The molecule has 0 spiro atoms. The smallest absolute Gasteiger partial charge is 0.123 e. The molecule has 0 unspecified atom stereocenters. The number of thiophene rings is 1. The topological polar surface area (TPSA) is 38.9 Å². The zero-order chi connectivity index (χ0) is 12.3. The van der Waals surface area contributed by atoms with Crippen LogP contribution in [0.3, 0.4) is 0 Å². The molecule has 90 valence electrons. The molecule has 0 bridgehead atoms. The Morgan fingerprint density at radius 2 is 2.24 bits per heavy atom. The van der Waals surface area contributed by atoms with Crippen LogP contribution >= 0.6 is 27.3 Å². The van der Waals surface area contributed by atoms with Crippen molar-refractivity contribution >= 4 is 33.1 Å². The third kappa shape index (κ3) is 3.07. The van der Waals surface area contributed by atoms with E-state index in [1.165, 1.54) is 20.5 Å². The molecule has 0 fully saturated rings. The average molecular weight is 311 g/mol. The van der Waals surface area contributed by atoms with Crippen LogP contribution in [0.5, 0.6) is 0 Å². The maximum Gasteiger partial charge on any atom is 0.123 e. The van der Waals surface area contributed by atoms with E-state index in [1.54, 1.807) is 6.20 Å². The summed E-state index contributed by atoms with van der Waals surface area (Å²) in [6.07, 6.45) is 4.91. The molecule has 0 aliphatic heterocycles. The minimum absolute atomic E-state index is 0.599. The molecule has 0 saturated carbocycles. The number of aryl methyl sites for hydroxylation is 3. The largest absolute Gasteiger partial charge is 0.384 e. The number of aromatic nitrogens is 1. The van der Waals surface area contributed by atoms with Gasteiger partial charge in [-0.3, -0.25) is 0 Å². The van der Waals surface area contributed by atoms with Gasteiger partial charge in [0.1, 0.15) is 5.82 Å². The van der Waals surface area contributed by atoms with Gasteiger partial charge in [0.15, 0.2) is 0 Å². The molecule has 0 aromatic carbocycles. The summed E-state index contributed by atoms with van der Waals surface area (Å²) in [6, 6.07) is 3.97. The molecular weight excluding hydrogens is 296 g/mol. The summed E-state index contributed by atoms with van der Waals surface area (Å²) in [5.41, 5.74) is 8.31. The fourth-order valence-electron chi connectivity index (χ4n) is 1.74. The highest BCUT2D eigenvalue weighted by Gasteiger charge is 2.07. The summed E-state index contributed by atoms with van der Waals surface area (Å²) in [4.78, 5) is 5.41. The third-order valence-electron chi connectivity index (χ3n) is 2.74. The summed E-state index contributed by atoms with van der Waals surface area (Å²) in [5.74, 6) is 0.599. The molecule has 2 aromatic heterocycles. The minimum Gasteiger partial charge on any atom is -0.384 e. The minimum atomic E-state index is 0.599. The number of pyridine rings is 1. The maximum atomic E-state index is 5.67. The van der Waals surface area contributed by atoms with Crippen LogP contribution < -0.4 is 5.73 Å². The first-order chi connectivity index (χ1) is 8.20. The quantitative estimate of drug-likeness (QED) is 0.932. The average Bonchev–Trinajstić information content (AvgIpc) is 2.67. The Hall–Kier alpha value is -0.870. The van der Waals surface area contributed by atoms with Crippen molar-refractivity contribution in [2.75, 3.05) is 5.73 Å². The normalized spacial score (nSPS) is 10.7. The number of anilines is 1. The summed E-state index contributed by atoms with van der Waals surface area (Å²) in [5, 5.41) is 2.24. The molecule has 2 heterocycles. The molecule has 2 nitrogen and oxygen atoms in total. The highest BCUT2D eigenvalue weighted by Crippen LogP contribution is 2.29. The van der Waals surface area contributed by atoms with Crippen LogP contribution in [0.25, 0.3) is 0 Å². The Morgan fingerprint density at radius 1 is 1.41 bits per heavy atom. The van der Waals surface area contributed by atoms with Gasteiger partial charge in [-0.1, -0.05) is 6.92 Å². The lowest BCUT2D eigenvalue weighted by molar-refractivity contribution is 0.967. The molecule has 0 radical (unpaired) electrons. The summed E-state index contributed by atoms with van der Waals surface area (Å²) in [6.45, 7) is 2.18. The molecule has 17 heavy (non-hydrogen) atoms. The number of rotatable bonds is 4. The van der Waals surface area contributed by atoms with E-state index >= 15 is 0 Å². The summed E-state index contributed by atoms with van der Waals surface area (Å²) < 4.78 is 1.28. The molecule has 2 rings (SSSR count). The van der Waals surface area contributed by atoms with Gasteiger partial charge in [0, 0.05) is 15.5 Å². The number of nitrogen functional groups attached to an aromatic ring is 1. The highest BCUT2D eigenvalue weighted by molar-refractivity contribution is 9.10. The second-order valence-corrected chi connectivity index (χ2v) is 5.70. The van der Waals surface area contributed by atoms with E-state index in [1.807, 2.05) is 23.5 Å². The van der Waals surface area contributed by atoms with E-state index in [2.05, 4.69) is 33.2 Å². The van der Waals surface area contributed by atoms with Gasteiger partial charge in [0.2, 0.25) is 0 Å². The van der Waals surface area contributed by atoms with Gasteiger partial charge >= 0.3 is 0 Å². The number of halogens is 1. The van der Waals surface area contributed by atoms with Gasteiger partial charge in [0.25, 0.3) is 0 Å². The van der Waals surface area contributed by atoms with E-state index in [-0.39, 0.29) is 0 Å². The molecule has 0 aliphatic carbocycles. The van der Waals surface area contributed by atoms with E-state index in [0.717, 1.165) is 19.3 Å². The van der Waals surface area contributed by atoms with Crippen LogP contribution in [-0.2, 0) is 19.3 Å². The maximum absolute atomic E-state index is 5.67. The lowest BCUT2D eigenvalue weighted by atomic mass is 10.1. The van der Waals surface area contributed by atoms with Gasteiger partial charge in [-0.15, -0.1) is 11.3 Å². The Bertz CT molecular complexity index is 508. The van der Waals surface area contributed by atoms with Crippen LogP contribution in [0, 0.1) is 0 Å². The van der Waals surface area contributed by atoms with E-state index < -0.39 is 0 Å². The van der Waals surface area contributed by atoms with Gasteiger partial charge in [0.05, 0.1) is 0 Å². The highest BCUT2D eigenvalue weighted by atomic mass is 79.9. The summed E-state index contributed by atoms with van der Waals surface area (Å²) >= 11 is 5.50. The molecule has 0 aliphatic rings. The first-order valence-electron chi connectivity index (χ1n) is 5.66. The molecule has 0 amide bonds. The fourth-order valence-corrected chi connectivity index (χ4v) is 3.79. The Balaban J connectivity index is 2.05. The van der Waals surface area contributed by atoms with Crippen molar-refractivity contribution in [2.24, 2.45) is 0 Å². The van der Waals surface area contributed by atoms with Crippen LogP contribution in [-0.4, -0.2) is 4.98 Å². The molecular formula is C13H15BrN2S. The van der Waals surface area contributed by atoms with Crippen molar-refractivity contribution in [2.45, 2.75) is 26.2 Å². The van der Waals surface area contributed by atoms with Crippen molar-refractivity contribution in [3.05, 3.63) is 44.2 Å². The van der Waals surface area contributed by atoms with Gasteiger partial charge in [-0.2, -0.15) is 0 Å². The number of nitrogens with zero attached hydrogens (tertiary/aromatic N) is 1. The van der Waals surface area contributed by atoms with Gasteiger partial charge in [-0.05, 0) is 63.8 Å². The van der Waals surface area contributed by atoms with Crippen molar-refractivity contribution < 1.29 is 0 Å². The van der Waals surface area contributed by atoms with Crippen molar-refractivity contribution in [1.82, 2.24) is 4.98 Å². The van der Waals surface area contributed by atoms with Crippen molar-refractivity contribution in [3.8, 4) is 0 Å². The standard InChI is InChI=1S/C13H15BrN2S/c1-2-10-8-17-11(13(10)14)4-3-9-5-6-16-12(15)7-9/h5-8H,2-4H2,1H3,(H2,15,16). The predicted molar refractivity (Wildman–Crippen MR) is 77.5 cm³/mol. The summed E-state index contributed by atoms with van der Waals surface area (Å²) in [7, 11) is 0. The second-order valence-electron chi connectivity index (χ2n) is 3.94. The monoisotopic (exact) mass is 310 g/mol. The predicted octanol–water partition coefficient (Wildman–Crippen LogP) is 3.84. The lowest BCUT2D eigenvalue weighted by Crippen LogP contribution is -1.94. The van der Waals surface area contributed by atoms with Crippen LogP contribution in [0.1, 0.15) is 22.9 Å². The lowest BCUT2D eigenvalue weighted by Gasteiger charge is -2.02. The second kappa shape index (κ2) is 5.65. The van der Waals surface area contributed by atoms with Crippen molar-refractivity contribution in [3.63, 3.8) is 0 Å². The van der Waals surface area contributed by atoms with E-state index in [0.29, 0.717) is 5.82 Å². The fraction of sp³-hybridized carbons (Fsp3) is 0.308. The Morgan fingerprint density at radius 3 is 2.88 bits per heavy atom. The van der Waals surface area contributed by atoms with Crippen LogP contribution in [0.2, 0.25) is 0 Å². The van der Waals surface area contributed by atoms with Gasteiger partial charge in [-0.25, -0.2) is 4.98 Å². The Labute approximate surface area is 114 Å². The number of hydrogen-bond donors (Lipinski definition) is 1. The zero-order valence-electron chi connectivity index (χ0n) is 9.74. The van der Waals surface area contributed by atoms with Crippen LogP contribution in [0.4, 0.5) is 5.82 Å². The molecule has 0 atom stereocenters. The molecule has 2 aromatic rings. The third-order valence-corrected chi connectivity index (χ3v) is 5.08. The Kier molecular flexibility index (Phi) is 4.18.